The zero-order chi connectivity index (χ0) is 13.9. The molecule has 0 saturated heterocycles. The molecule has 0 aromatic heterocycles. The van der Waals surface area contributed by atoms with E-state index in [1.165, 1.54) is 0 Å². The van der Waals surface area contributed by atoms with Crippen LogP contribution in [0.15, 0.2) is 18.2 Å². The Morgan fingerprint density at radius 1 is 1.17 bits per heavy atom. The highest BCUT2D eigenvalue weighted by Gasteiger charge is 2.20. The van der Waals surface area contributed by atoms with E-state index in [9.17, 15) is 5.11 Å². The van der Waals surface area contributed by atoms with Gasteiger partial charge in [-0.3, -0.25) is 0 Å². The summed E-state index contributed by atoms with van der Waals surface area (Å²) in [4.78, 5) is 0. The fraction of sp³-hybridized carbons (Fsp3) is 0.625. The smallest absolute Gasteiger partial charge is 0.123 e. The van der Waals surface area contributed by atoms with Gasteiger partial charge in [-0.15, -0.1) is 0 Å². The maximum absolute atomic E-state index is 9.68. The van der Waals surface area contributed by atoms with Crippen molar-refractivity contribution in [1.29, 1.82) is 0 Å². The molecule has 1 aromatic carbocycles. The van der Waals surface area contributed by atoms with Gasteiger partial charge in [-0.1, -0.05) is 40.7 Å². The molecule has 0 heterocycles. The molecule has 0 spiro atoms. The summed E-state index contributed by atoms with van der Waals surface area (Å²) in [5.74, 6) is 1.44. The first-order valence-electron chi connectivity index (χ1n) is 6.67. The summed E-state index contributed by atoms with van der Waals surface area (Å²) in [6.07, 6.45) is -0.440. The van der Waals surface area contributed by atoms with Crippen LogP contribution in [0.5, 0.6) is 5.75 Å². The van der Waals surface area contributed by atoms with Gasteiger partial charge in [-0.05, 0) is 41.5 Å². The quantitative estimate of drug-likeness (QED) is 0.872. The normalized spacial score (nSPS) is 13.8. The van der Waals surface area contributed by atoms with Crippen molar-refractivity contribution in [2.24, 2.45) is 5.92 Å². The molecule has 0 amide bonds. The first-order valence-corrected chi connectivity index (χ1v) is 6.67. The SMILES string of the molecule is CC(C)COc1ccc(C(C)O)cc1C(C)(C)C. The van der Waals surface area contributed by atoms with Gasteiger partial charge in [0.2, 0.25) is 0 Å². The molecular formula is C16H26O2. The molecule has 1 N–H and O–H groups in total. The summed E-state index contributed by atoms with van der Waals surface area (Å²) in [7, 11) is 0. The molecule has 18 heavy (non-hydrogen) atoms. The van der Waals surface area contributed by atoms with Crippen LogP contribution < -0.4 is 4.74 Å². The lowest BCUT2D eigenvalue weighted by Crippen LogP contribution is -2.16. The molecular weight excluding hydrogens is 224 g/mol. The molecule has 0 fully saturated rings. The van der Waals surface area contributed by atoms with E-state index in [2.05, 4.69) is 40.7 Å². The number of hydrogen-bond acceptors (Lipinski definition) is 2. The Morgan fingerprint density at radius 2 is 1.78 bits per heavy atom. The Balaban J connectivity index is 3.09. The Hall–Kier alpha value is -1.02. The van der Waals surface area contributed by atoms with E-state index in [1.54, 1.807) is 6.92 Å². The number of ether oxygens (including phenoxy) is 1. The molecule has 0 radical (unpaired) electrons. The topological polar surface area (TPSA) is 29.5 Å². The zero-order valence-electron chi connectivity index (χ0n) is 12.4. The summed E-state index contributed by atoms with van der Waals surface area (Å²) in [5.41, 5.74) is 2.11. The molecule has 1 rings (SSSR count). The Morgan fingerprint density at radius 3 is 2.22 bits per heavy atom. The average molecular weight is 250 g/mol. The fourth-order valence-electron chi connectivity index (χ4n) is 1.78. The third-order valence-electron chi connectivity index (χ3n) is 2.87. The van der Waals surface area contributed by atoms with Gasteiger partial charge in [-0.2, -0.15) is 0 Å². The molecule has 1 aromatic rings. The minimum absolute atomic E-state index is 0.0111. The van der Waals surface area contributed by atoms with Gasteiger partial charge in [0, 0.05) is 0 Å². The monoisotopic (exact) mass is 250 g/mol. The lowest BCUT2D eigenvalue weighted by atomic mass is 9.85. The average Bonchev–Trinajstić information content (AvgIpc) is 2.24. The third-order valence-corrected chi connectivity index (χ3v) is 2.87. The van der Waals surface area contributed by atoms with Crippen molar-refractivity contribution in [3.05, 3.63) is 29.3 Å². The summed E-state index contributed by atoms with van der Waals surface area (Å²) in [6.45, 7) is 13.3. The second-order valence-electron chi connectivity index (χ2n) is 6.39. The van der Waals surface area contributed by atoms with Crippen molar-refractivity contribution in [3.63, 3.8) is 0 Å². The minimum atomic E-state index is -0.440. The van der Waals surface area contributed by atoms with E-state index in [0.717, 1.165) is 23.5 Å². The van der Waals surface area contributed by atoms with E-state index < -0.39 is 6.10 Å². The van der Waals surface area contributed by atoms with Crippen LogP contribution in [0.3, 0.4) is 0 Å². The van der Waals surface area contributed by atoms with E-state index in [4.69, 9.17) is 4.74 Å². The Labute approximate surface area is 111 Å². The van der Waals surface area contributed by atoms with Crippen LogP contribution in [0.1, 0.15) is 58.8 Å². The van der Waals surface area contributed by atoms with E-state index >= 15 is 0 Å². The lowest BCUT2D eigenvalue weighted by molar-refractivity contribution is 0.198. The van der Waals surface area contributed by atoms with Gasteiger partial charge in [0.15, 0.2) is 0 Å². The fourth-order valence-corrected chi connectivity index (χ4v) is 1.78. The molecule has 0 aliphatic rings. The molecule has 0 aliphatic heterocycles. The van der Waals surface area contributed by atoms with Gasteiger partial charge in [-0.25, -0.2) is 0 Å². The van der Waals surface area contributed by atoms with Crippen LogP contribution in [0, 0.1) is 5.92 Å². The molecule has 1 unspecified atom stereocenters. The van der Waals surface area contributed by atoms with E-state index in [1.807, 2.05) is 12.1 Å². The summed E-state index contributed by atoms with van der Waals surface area (Å²) >= 11 is 0. The zero-order valence-corrected chi connectivity index (χ0v) is 12.4. The van der Waals surface area contributed by atoms with Crippen LogP contribution in [0.4, 0.5) is 0 Å². The minimum Gasteiger partial charge on any atom is -0.493 e. The van der Waals surface area contributed by atoms with Crippen molar-refractivity contribution in [3.8, 4) is 5.75 Å². The lowest BCUT2D eigenvalue weighted by Gasteiger charge is -2.24. The molecule has 2 heteroatoms. The van der Waals surface area contributed by atoms with E-state index in [-0.39, 0.29) is 5.41 Å². The predicted molar refractivity (Wildman–Crippen MR) is 76.1 cm³/mol. The first kappa shape index (κ1) is 15.0. The van der Waals surface area contributed by atoms with Crippen LogP contribution in [-0.2, 0) is 5.41 Å². The number of benzene rings is 1. The largest absolute Gasteiger partial charge is 0.493 e. The van der Waals surface area contributed by atoms with Crippen molar-refractivity contribution in [2.75, 3.05) is 6.61 Å². The first-order chi connectivity index (χ1) is 8.21. The van der Waals surface area contributed by atoms with Gasteiger partial charge in [0.1, 0.15) is 5.75 Å². The van der Waals surface area contributed by atoms with Crippen molar-refractivity contribution < 1.29 is 9.84 Å². The summed E-state index contributed by atoms with van der Waals surface area (Å²) in [5, 5.41) is 9.68. The second-order valence-corrected chi connectivity index (χ2v) is 6.39. The van der Waals surface area contributed by atoms with E-state index in [0.29, 0.717) is 5.92 Å². The van der Waals surface area contributed by atoms with Crippen molar-refractivity contribution in [2.45, 2.75) is 53.1 Å². The van der Waals surface area contributed by atoms with Gasteiger partial charge in [0.05, 0.1) is 12.7 Å². The number of aliphatic hydroxyl groups is 1. The number of rotatable bonds is 4. The van der Waals surface area contributed by atoms with Crippen molar-refractivity contribution >= 4 is 0 Å². The summed E-state index contributed by atoms with van der Waals surface area (Å²) in [6, 6.07) is 5.97. The van der Waals surface area contributed by atoms with Gasteiger partial charge in [0.25, 0.3) is 0 Å². The standard InChI is InChI=1S/C16H26O2/c1-11(2)10-18-15-8-7-13(12(3)17)9-14(15)16(4,5)6/h7-9,11-12,17H,10H2,1-6H3. The Kier molecular flexibility index (Phi) is 4.80. The highest BCUT2D eigenvalue weighted by Crippen LogP contribution is 2.33. The third kappa shape index (κ3) is 4.02. The Bertz CT molecular complexity index is 387. The van der Waals surface area contributed by atoms with Crippen LogP contribution >= 0.6 is 0 Å². The molecule has 0 saturated carbocycles. The second kappa shape index (κ2) is 5.75. The predicted octanol–water partition coefficient (Wildman–Crippen LogP) is 4.07. The maximum atomic E-state index is 9.68. The molecule has 2 nitrogen and oxygen atoms in total. The molecule has 0 aliphatic carbocycles. The molecule has 102 valence electrons. The van der Waals surface area contributed by atoms with Crippen molar-refractivity contribution in [1.82, 2.24) is 0 Å². The van der Waals surface area contributed by atoms with Crippen LogP contribution in [-0.4, -0.2) is 11.7 Å². The number of hydrogen-bond donors (Lipinski definition) is 1. The highest BCUT2D eigenvalue weighted by atomic mass is 16.5. The summed E-state index contributed by atoms with van der Waals surface area (Å²) < 4.78 is 5.88. The number of aliphatic hydroxyl groups excluding tert-OH is 1. The highest BCUT2D eigenvalue weighted by molar-refractivity contribution is 5.42. The van der Waals surface area contributed by atoms with Gasteiger partial charge < -0.3 is 9.84 Å². The van der Waals surface area contributed by atoms with Gasteiger partial charge >= 0.3 is 0 Å². The van der Waals surface area contributed by atoms with Crippen LogP contribution in [0.25, 0.3) is 0 Å². The van der Waals surface area contributed by atoms with Crippen LogP contribution in [0.2, 0.25) is 0 Å². The molecule has 0 bridgehead atoms. The maximum Gasteiger partial charge on any atom is 0.123 e. The molecule has 1 atom stereocenters.